The Morgan fingerprint density at radius 3 is 2.38 bits per heavy atom. The van der Waals surface area contributed by atoms with Crippen molar-refractivity contribution >= 4 is 33.6 Å². The van der Waals surface area contributed by atoms with Crippen molar-refractivity contribution in [1.82, 2.24) is 4.90 Å². The molecule has 0 atom stereocenters. The van der Waals surface area contributed by atoms with Crippen LogP contribution in [0.4, 0.5) is 10.5 Å². The number of anilines is 1. The molecule has 0 saturated heterocycles. The second-order valence-corrected chi connectivity index (χ2v) is 5.57. The molecule has 0 spiro atoms. The number of carboxylic acid groups (broad SMARTS) is 1. The van der Waals surface area contributed by atoms with Gasteiger partial charge in [-0.25, -0.2) is 4.79 Å². The van der Waals surface area contributed by atoms with Gasteiger partial charge in [-0.05, 0) is 37.1 Å². The van der Waals surface area contributed by atoms with Crippen molar-refractivity contribution in [3.8, 4) is 0 Å². The van der Waals surface area contributed by atoms with Crippen LogP contribution in [0.15, 0.2) is 16.6 Å². The summed E-state index contributed by atoms with van der Waals surface area (Å²) in [6.45, 7) is 3.88. The summed E-state index contributed by atoms with van der Waals surface area (Å²) < 4.78 is 5.82. The molecule has 2 amide bonds. The van der Waals surface area contributed by atoms with E-state index in [9.17, 15) is 9.59 Å². The van der Waals surface area contributed by atoms with Crippen LogP contribution < -0.4 is 5.32 Å². The third kappa shape index (κ3) is 5.35. The minimum atomic E-state index is -1.06. The smallest absolute Gasteiger partial charge is 0.323 e. The van der Waals surface area contributed by atoms with Crippen molar-refractivity contribution in [2.45, 2.75) is 13.8 Å². The third-order valence-corrected chi connectivity index (χ3v) is 3.37. The number of urea groups is 1. The van der Waals surface area contributed by atoms with Gasteiger partial charge in [-0.1, -0.05) is 15.9 Å². The summed E-state index contributed by atoms with van der Waals surface area (Å²) in [6, 6.07) is 3.32. The number of carboxylic acids is 1. The molecule has 0 radical (unpaired) electrons. The van der Waals surface area contributed by atoms with Gasteiger partial charge in [0, 0.05) is 23.8 Å². The minimum Gasteiger partial charge on any atom is -0.480 e. The monoisotopic (exact) mass is 358 g/mol. The van der Waals surface area contributed by atoms with Gasteiger partial charge in [-0.2, -0.15) is 0 Å². The Labute approximate surface area is 132 Å². The Morgan fingerprint density at radius 1 is 1.33 bits per heavy atom. The fraction of sp³-hybridized carbons (Fsp3) is 0.429. The fourth-order valence-corrected chi connectivity index (χ4v) is 2.60. The highest BCUT2D eigenvalue weighted by Gasteiger charge is 2.18. The summed E-state index contributed by atoms with van der Waals surface area (Å²) >= 11 is 3.39. The zero-order chi connectivity index (χ0) is 16.0. The zero-order valence-corrected chi connectivity index (χ0v) is 13.9. The number of nitrogens with zero attached hydrogens (tertiary/aromatic N) is 1. The maximum Gasteiger partial charge on any atom is 0.323 e. The molecule has 0 aliphatic heterocycles. The lowest BCUT2D eigenvalue weighted by molar-refractivity contribution is -0.137. The standard InChI is InChI=1S/C14H19BrN2O4/c1-9-6-11(15)7-10(2)13(9)16-14(20)17(4-5-21-3)8-12(18)19/h6-7H,4-5,8H2,1-3H3,(H,16,20)(H,18,19). The van der Waals surface area contributed by atoms with Gasteiger partial charge in [0.1, 0.15) is 6.54 Å². The minimum absolute atomic E-state index is 0.212. The maximum absolute atomic E-state index is 12.2. The van der Waals surface area contributed by atoms with Crippen LogP contribution in [-0.4, -0.2) is 48.8 Å². The average Bonchev–Trinajstić information content (AvgIpc) is 2.38. The van der Waals surface area contributed by atoms with Crippen LogP contribution >= 0.6 is 15.9 Å². The van der Waals surface area contributed by atoms with Gasteiger partial charge < -0.3 is 20.1 Å². The molecule has 1 aromatic carbocycles. The fourth-order valence-electron chi connectivity index (χ4n) is 1.91. The van der Waals surface area contributed by atoms with Crippen LogP contribution in [0.1, 0.15) is 11.1 Å². The van der Waals surface area contributed by atoms with Crippen LogP contribution in [0.5, 0.6) is 0 Å². The molecule has 0 bridgehead atoms. The van der Waals surface area contributed by atoms with Gasteiger partial charge in [-0.3, -0.25) is 4.79 Å². The predicted octanol–water partition coefficient (Wildman–Crippen LogP) is 2.63. The topological polar surface area (TPSA) is 78.9 Å². The maximum atomic E-state index is 12.2. The molecule has 7 heteroatoms. The van der Waals surface area contributed by atoms with Crippen molar-refractivity contribution in [2.24, 2.45) is 0 Å². The summed E-state index contributed by atoms with van der Waals surface area (Å²) in [7, 11) is 1.50. The predicted molar refractivity (Wildman–Crippen MR) is 83.7 cm³/mol. The molecule has 2 N–H and O–H groups in total. The summed E-state index contributed by atoms with van der Waals surface area (Å²) in [4.78, 5) is 24.3. The van der Waals surface area contributed by atoms with E-state index < -0.39 is 12.0 Å². The largest absolute Gasteiger partial charge is 0.480 e. The molecule has 6 nitrogen and oxygen atoms in total. The Morgan fingerprint density at radius 2 is 1.90 bits per heavy atom. The van der Waals surface area contributed by atoms with Crippen molar-refractivity contribution in [3.63, 3.8) is 0 Å². The van der Waals surface area contributed by atoms with Crippen LogP contribution in [0.3, 0.4) is 0 Å². The van der Waals surface area contributed by atoms with Crippen LogP contribution in [0, 0.1) is 13.8 Å². The highest BCUT2D eigenvalue weighted by molar-refractivity contribution is 9.10. The number of ether oxygens (including phenoxy) is 1. The van der Waals surface area contributed by atoms with E-state index in [4.69, 9.17) is 9.84 Å². The Kier molecular flexibility index (Phi) is 6.64. The van der Waals surface area contributed by atoms with E-state index in [1.54, 1.807) is 0 Å². The van der Waals surface area contributed by atoms with Gasteiger partial charge >= 0.3 is 12.0 Å². The molecule has 1 rings (SSSR count). The highest BCUT2D eigenvalue weighted by atomic mass is 79.9. The molecule has 0 aliphatic carbocycles. The van der Waals surface area contributed by atoms with E-state index in [0.717, 1.165) is 15.6 Å². The highest BCUT2D eigenvalue weighted by Crippen LogP contribution is 2.25. The summed E-state index contributed by atoms with van der Waals surface area (Å²) in [5.41, 5.74) is 2.49. The van der Waals surface area contributed by atoms with Gasteiger partial charge in [-0.15, -0.1) is 0 Å². The first-order chi connectivity index (χ1) is 9.85. The Balaban J connectivity index is 2.88. The van der Waals surface area contributed by atoms with Crippen LogP contribution in [0.2, 0.25) is 0 Å². The molecule has 0 heterocycles. The lowest BCUT2D eigenvalue weighted by Gasteiger charge is -2.22. The number of hydrogen-bond acceptors (Lipinski definition) is 3. The number of hydrogen-bond donors (Lipinski definition) is 2. The van der Waals surface area contributed by atoms with Gasteiger partial charge in [0.15, 0.2) is 0 Å². The number of aryl methyl sites for hydroxylation is 2. The normalized spacial score (nSPS) is 10.3. The number of nitrogens with one attached hydrogen (secondary N) is 1. The van der Waals surface area contributed by atoms with Crippen LogP contribution in [-0.2, 0) is 9.53 Å². The first-order valence-corrected chi connectivity index (χ1v) is 7.18. The molecular weight excluding hydrogens is 340 g/mol. The molecule has 21 heavy (non-hydrogen) atoms. The lowest BCUT2D eigenvalue weighted by atomic mass is 10.1. The molecule has 1 aromatic rings. The van der Waals surface area contributed by atoms with Crippen LogP contribution in [0.25, 0.3) is 0 Å². The first-order valence-electron chi connectivity index (χ1n) is 6.38. The first kappa shape index (κ1) is 17.5. The Bertz CT molecular complexity index is 511. The number of halogens is 1. The van der Waals surface area contributed by atoms with E-state index in [2.05, 4.69) is 21.2 Å². The van der Waals surface area contributed by atoms with E-state index in [-0.39, 0.29) is 19.7 Å². The van der Waals surface area contributed by atoms with Crippen molar-refractivity contribution in [3.05, 3.63) is 27.7 Å². The average molecular weight is 359 g/mol. The molecule has 0 aliphatic rings. The summed E-state index contributed by atoms with van der Waals surface area (Å²) in [6.07, 6.45) is 0. The van der Waals surface area contributed by atoms with Gasteiger partial charge in [0.05, 0.1) is 6.61 Å². The second-order valence-electron chi connectivity index (χ2n) is 4.65. The molecule has 0 fully saturated rings. The van der Waals surface area contributed by atoms with E-state index in [1.807, 2.05) is 26.0 Å². The second kappa shape index (κ2) is 7.99. The SMILES string of the molecule is COCCN(CC(=O)O)C(=O)Nc1c(C)cc(Br)cc1C. The zero-order valence-electron chi connectivity index (χ0n) is 12.3. The number of methoxy groups -OCH3 is 1. The van der Waals surface area contributed by atoms with E-state index in [1.165, 1.54) is 12.0 Å². The third-order valence-electron chi connectivity index (χ3n) is 2.91. The number of benzene rings is 1. The van der Waals surface area contributed by atoms with Crippen molar-refractivity contribution in [1.29, 1.82) is 0 Å². The van der Waals surface area contributed by atoms with Crippen molar-refractivity contribution < 1.29 is 19.4 Å². The molecule has 0 unspecified atom stereocenters. The van der Waals surface area contributed by atoms with Crippen molar-refractivity contribution in [2.75, 3.05) is 32.1 Å². The molecule has 116 valence electrons. The summed E-state index contributed by atoms with van der Waals surface area (Å²) in [5.74, 6) is -1.06. The van der Waals surface area contributed by atoms with Gasteiger partial charge in [0.2, 0.25) is 0 Å². The Hall–Kier alpha value is -1.60. The number of aliphatic carboxylic acids is 1. The molecule has 0 aromatic heterocycles. The number of carbonyl (C=O) groups excluding carboxylic acids is 1. The van der Waals surface area contributed by atoms with E-state index >= 15 is 0 Å². The summed E-state index contributed by atoms with van der Waals surface area (Å²) in [5, 5.41) is 11.6. The van der Waals surface area contributed by atoms with Gasteiger partial charge in [0.25, 0.3) is 0 Å². The molecular formula is C14H19BrN2O4. The lowest BCUT2D eigenvalue weighted by Crippen LogP contribution is -2.41. The quantitative estimate of drug-likeness (QED) is 0.819. The number of amides is 2. The molecule has 0 saturated carbocycles. The van der Waals surface area contributed by atoms with E-state index in [0.29, 0.717) is 5.69 Å². The number of carbonyl (C=O) groups is 2. The number of rotatable bonds is 6.